The van der Waals surface area contributed by atoms with Crippen LogP contribution in [0.2, 0.25) is 0 Å². The molecule has 0 nitrogen and oxygen atoms in total. The summed E-state index contributed by atoms with van der Waals surface area (Å²) in [6.45, 7) is 4.59. The topological polar surface area (TPSA) is 0 Å². The van der Waals surface area contributed by atoms with Crippen LogP contribution >= 0.6 is 0 Å². The highest BCUT2D eigenvalue weighted by molar-refractivity contribution is 4.82. The van der Waals surface area contributed by atoms with Crippen LogP contribution in [0.4, 0.5) is 0 Å². The van der Waals surface area contributed by atoms with Crippen molar-refractivity contribution in [2.24, 2.45) is 0 Å². The summed E-state index contributed by atoms with van der Waals surface area (Å²) in [4.78, 5) is 0. The van der Waals surface area contributed by atoms with E-state index in [0.29, 0.717) is 0 Å². The maximum atomic E-state index is 2.45. The maximum Gasteiger partial charge on any atom is -0.0351 e. The summed E-state index contributed by atoms with van der Waals surface area (Å²) in [7, 11) is 0. The molecule has 0 saturated carbocycles. The molecule has 0 heteroatoms. The molecule has 0 unspecified atom stereocenters. The number of rotatable bonds is 31. The fraction of sp³-hybridized carbons (Fsp3) is 0.889. The first kappa shape index (κ1) is 35.5. The van der Waals surface area contributed by atoms with Gasteiger partial charge in [0.1, 0.15) is 0 Å². The lowest BCUT2D eigenvalue weighted by atomic mass is 10.0. The number of allylic oxidation sites excluding steroid dienone is 4. The van der Waals surface area contributed by atoms with Gasteiger partial charge in [-0.15, -0.1) is 0 Å². The predicted octanol–water partition coefficient (Wildman–Crippen LogP) is 13.8. The van der Waals surface area contributed by atoms with E-state index >= 15 is 0 Å². The third-order valence-corrected chi connectivity index (χ3v) is 7.77. The quantitative estimate of drug-likeness (QED) is 0.0653. The van der Waals surface area contributed by atoms with E-state index in [4.69, 9.17) is 0 Å². The van der Waals surface area contributed by atoms with Gasteiger partial charge in [0.15, 0.2) is 0 Å². The Kier molecular flexibility index (Phi) is 34.0. The average molecular weight is 503 g/mol. The number of hydrogen-bond donors (Lipinski definition) is 0. The van der Waals surface area contributed by atoms with Crippen LogP contribution in [-0.2, 0) is 0 Å². The molecular weight excluding hydrogens is 432 g/mol. The van der Waals surface area contributed by atoms with Crippen molar-refractivity contribution >= 4 is 0 Å². The van der Waals surface area contributed by atoms with Gasteiger partial charge in [0, 0.05) is 0 Å². The smallest absolute Gasteiger partial charge is 0.0351 e. The van der Waals surface area contributed by atoms with Gasteiger partial charge >= 0.3 is 0 Å². The van der Waals surface area contributed by atoms with E-state index in [-0.39, 0.29) is 0 Å². The van der Waals surface area contributed by atoms with Crippen LogP contribution in [0.15, 0.2) is 24.3 Å². The summed E-state index contributed by atoms with van der Waals surface area (Å²) in [5, 5.41) is 0. The van der Waals surface area contributed by atoms with Crippen LogP contribution in [0.5, 0.6) is 0 Å². The van der Waals surface area contributed by atoms with Crippen molar-refractivity contribution in [3.05, 3.63) is 24.3 Å². The van der Waals surface area contributed by atoms with E-state index in [2.05, 4.69) is 38.2 Å². The van der Waals surface area contributed by atoms with Gasteiger partial charge in [-0.05, 0) is 51.4 Å². The highest BCUT2D eigenvalue weighted by atomic mass is 14.0. The third-order valence-electron chi connectivity index (χ3n) is 7.77. The first-order valence-electron chi connectivity index (χ1n) is 17.2. The molecule has 0 radical (unpaired) electrons. The predicted molar refractivity (Wildman–Crippen MR) is 168 cm³/mol. The molecule has 0 heterocycles. The van der Waals surface area contributed by atoms with E-state index < -0.39 is 0 Å². The monoisotopic (exact) mass is 503 g/mol. The molecule has 0 N–H and O–H groups in total. The minimum atomic E-state index is 1.31. The van der Waals surface area contributed by atoms with Gasteiger partial charge < -0.3 is 0 Å². The van der Waals surface area contributed by atoms with E-state index in [9.17, 15) is 0 Å². The number of hydrogen-bond acceptors (Lipinski definition) is 0. The van der Waals surface area contributed by atoms with Gasteiger partial charge in [0.2, 0.25) is 0 Å². The van der Waals surface area contributed by atoms with Crippen molar-refractivity contribution in [2.75, 3.05) is 0 Å². The Balaban J connectivity index is 3.09. The maximum absolute atomic E-state index is 2.45. The lowest BCUT2D eigenvalue weighted by Crippen LogP contribution is -1.83. The molecule has 0 amide bonds. The Labute approximate surface area is 230 Å². The van der Waals surface area contributed by atoms with E-state index in [0.717, 1.165) is 0 Å². The normalized spacial score (nSPS) is 11.9. The molecule has 0 aromatic carbocycles. The van der Waals surface area contributed by atoms with Gasteiger partial charge in [-0.1, -0.05) is 179 Å². The van der Waals surface area contributed by atoms with E-state index in [1.807, 2.05) is 0 Å². The SMILES string of the molecule is CCCCCCCC/C=C/CCCCCCCCCCCCCCCC/C=C/CCCCCCCC. The second kappa shape index (κ2) is 34.5. The molecule has 0 spiro atoms. The summed E-state index contributed by atoms with van der Waals surface area (Å²) in [6.07, 6.45) is 52.4. The van der Waals surface area contributed by atoms with Crippen LogP contribution in [0.25, 0.3) is 0 Å². The molecule has 0 aromatic rings. The number of unbranched alkanes of at least 4 members (excludes halogenated alkanes) is 27. The standard InChI is InChI=1S/C36H70/c1-3-5-7-9-11-13-15-17-19-21-23-25-27-29-31-33-35-36-34-32-30-28-26-24-22-20-18-16-14-12-10-8-6-4-2/h17-20H,3-16,21-36H2,1-2H3/b19-17+,20-18+. The van der Waals surface area contributed by atoms with Crippen LogP contribution in [0.1, 0.15) is 206 Å². The van der Waals surface area contributed by atoms with Gasteiger partial charge in [0.05, 0.1) is 0 Å². The molecule has 0 aliphatic carbocycles. The first-order chi connectivity index (χ1) is 17.9. The van der Waals surface area contributed by atoms with Crippen LogP contribution < -0.4 is 0 Å². The zero-order valence-electron chi connectivity index (χ0n) is 25.5. The van der Waals surface area contributed by atoms with Crippen molar-refractivity contribution in [1.29, 1.82) is 0 Å². The lowest BCUT2D eigenvalue weighted by Gasteiger charge is -2.03. The summed E-state index contributed by atoms with van der Waals surface area (Å²) in [5.41, 5.74) is 0. The van der Waals surface area contributed by atoms with Crippen molar-refractivity contribution in [3.8, 4) is 0 Å². The Bertz CT molecular complexity index is 378. The molecule has 0 bridgehead atoms. The molecule has 0 aliphatic rings. The second-order valence-corrected chi connectivity index (χ2v) is 11.6. The molecule has 0 aliphatic heterocycles. The van der Waals surface area contributed by atoms with E-state index in [1.54, 1.807) is 0 Å². The Morgan fingerprint density at radius 2 is 0.389 bits per heavy atom. The molecule has 214 valence electrons. The van der Waals surface area contributed by atoms with Crippen molar-refractivity contribution in [3.63, 3.8) is 0 Å². The molecular formula is C36H70. The van der Waals surface area contributed by atoms with Crippen LogP contribution in [-0.4, -0.2) is 0 Å². The fourth-order valence-electron chi connectivity index (χ4n) is 5.20. The molecule has 0 aromatic heterocycles. The highest BCUT2D eigenvalue weighted by Crippen LogP contribution is 2.14. The van der Waals surface area contributed by atoms with Crippen LogP contribution in [0.3, 0.4) is 0 Å². The minimum Gasteiger partial charge on any atom is -0.0885 e. The summed E-state index contributed by atoms with van der Waals surface area (Å²) < 4.78 is 0. The molecule has 0 saturated heterocycles. The minimum absolute atomic E-state index is 1.31. The average Bonchev–Trinajstić information content (AvgIpc) is 2.89. The van der Waals surface area contributed by atoms with Crippen molar-refractivity contribution in [1.82, 2.24) is 0 Å². The van der Waals surface area contributed by atoms with E-state index in [1.165, 1.54) is 193 Å². The Morgan fingerprint density at radius 3 is 0.583 bits per heavy atom. The van der Waals surface area contributed by atoms with Crippen molar-refractivity contribution < 1.29 is 0 Å². The zero-order chi connectivity index (χ0) is 26.0. The van der Waals surface area contributed by atoms with Gasteiger partial charge in [0.25, 0.3) is 0 Å². The Morgan fingerprint density at radius 1 is 0.222 bits per heavy atom. The largest absolute Gasteiger partial charge is 0.0885 e. The summed E-state index contributed by atoms with van der Waals surface area (Å²) >= 11 is 0. The molecule has 0 rings (SSSR count). The van der Waals surface area contributed by atoms with Crippen LogP contribution in [0, 0.1) is 0 Å². The first-order valence-corrected chi connectivity index (χ1v) is 17.2. The molecule has 0 atom stereocenters. The fourth-order valence-corrected chi connectivity index (χ4v) is 5.20. The van der Waals surface area contributed by atoms with Gasteiger partial charge in [-0.25, -0.2) is 0 Å². The lowest BCUT2D eigenvalue weighted by molar-refractivity contribution is 0.534. The van der Waals surface area contributed by atoms with Crippen molar-refractivity contribution in [2.45, 2.75) is 206 Å². The molecule has 36 heavy (non-hydrogen) atoms. The zero-order valence-corrected chi connectivity index (χ0v) is 25.5. The Hall–Kier alpha value is -0.520. The summed E-state index contributed by atoms with van der Waals surface area (Å²) in [5.74, 6) is 0. The second-order valence-electron chi connectivity index (χ2n) is 11.6. The van der Waals surface area contributed by atoms with Gasteiger partial charge in [-0.2, -0.15) is 0 Å². The summed E-state index contributed by atoms with van der Waals surface area (Å²) in [6, 6.07) is 0. The highest BCUT2D eigenvalue weighted by Gasteiger charge is 1.95. The molecule has 0 fully saturated rings. The van der Waals surface area contributed by atoms with Gasteiger partial charge in [-0.3, -0.25) is 0 Å². The third kappa shape index (κ3) is 33.5.